The highest BCUT2D eigenvalue weighted by Crippen LogP contribution is 2.26. The van der Waals surface area contributed by atoms with Crippen LogP contribution in [0.2, 0.25) is 0 Å². The monoisotopic (exact) mass is 390 g/mol. The van der Waals surface area contributed by atoms with Crippen LogP contribution in [-0.2, 0) is 9.53 Å². The van der Waals surface area contributed by atoms with Crippen LogP contribution in [0.1, 0.15) is 19.9 Å². The number of thioether (sulfide) groups is 1. The standard InChI is InChI=1S/C18H22N4O4S/c1-11(10-26-3)22-16(24)13-6-4-5-7-14(13)20-18(22)27-12(2)15(23)21-9-8-19-17(21)25/h4-7,11-12H,8-10H2,1-3H3,(H,19,25). The number of ether oxygens (including phenoxy) is 1. The number of para-hydroxylation sites is 1. The third-order valence-corrected chi connectivity index (χ3v) is 5.43. The Kier molecular flexibility index (Phi) is 5.81. The largest absolute Gasteiger partial charge is 0.383 e. The van der Waals surface area contributed by atoms with E-state index in [-0.39, 0.29) is 23.5 Å². The number of fused-ring (bicyclic) bond motifs is 1. The summed E-state index contributed by atoms with van der Waals surface area (Å²) in [6.07, 6.45) is 0. The smallest absolute Gasteiger partial charge is 0.324 e. The normalized spacial score (nSPS) is 16.4. The molecule has 1 aliphatic rings. The molecule has 144 valence electrons. The van der Waals surface area contributed by atoms with Gasteiger partial charge in [0.15, 0.2) is 5.16 Å². The van der Waals surface area contributed by atoms with Crippen LogP contribution < -0.4 is 10.9 Å². The summed E-state index contributed by atoms with van der Waals surface area (Å²) in [6, 6.07) is 6.48. The number of carbonyl (C=O) groups is 2. The molecule has 27 heavy (non-hydrogen) atoms. The molecule has 1 aromatic carbocycles. The zero-order valence-corrected chi connectivity index (χ0v) is 16.3. The van der Waals surface area contributed by atoms with Gasteiger partial charge >= 0.3 is 6.03 Å². The minimum atomic E-state index is -0.567. The van der Waals surface area contributed by atoms with Crippen molar-refractivity contribution in [3.05, 3.63) is 34.6 Å². The van der Waals surface area contributed by atoms with Crippen molar-refractivity contribution in [3.8, 4) is 0 Å². The quantitative estimate of drug-likeness (QED) is 0.595. The Balaban J connectivity index is 1.99. The molecule has 1 aliphatic heterocycles. The maximum Gasteiger partial charge on any atom is 0.324 e. The molecule has 2 unspecified atom stereocenters. The van der Waals surface area contributed by atoms with Crippen molar-refractivity contribution in [2.24, 2.45) is 0 Å². The number of imide groups is 1. The second-order valence-corrected chi connectivity index (χ2v) is 7.68. The highest BCUT2D eigenvalue weighted by atomic mass is 32.2. The Morgan fingerprint density at radius 3 is 2.74 bits per heavy atom. The van der Waals surface area contributed by atoms with Gasteiger partial charge in [-0.05, 0) is 26.0 Å². The molecule has 1 fully saturated rings. The molecular weight excluding hydrogens is 368 g/mol. The van der Waals surface area contributed by atoms with Crippen molar-refractivity contribution in [2.45, 2.75) is 30.3 Å². The van der Waals surface area contributed by atoms with Crippen molar-refractivity contribution in [1.82, 2.24) is 19.8 Å². The number of benzene rings is 1. The van der Waals surface area contributed by atoms with Crippen LogP contribution in [0.5, 0.6) is 0 Å². The summed E-state index contributed by atoms with van der Waals surface area (Å²) < 4.78 is 6.76. The number of hydrogen-bond acceptors (Lipinski definition) is 6. The number of methoxy groups -OCH3 is 1. The lowest BCUT2D eigenvalue weighted by molar-refractivity contribution is -0.126. The van der Waals surface area contributed by atoms with E-state index in [2.05, 4.69) is 10.3 Å². The Morgan fingerprint density at radius 1 is 1.33 bits per heavy atom. The molecule has 9 heteroatoms. The van der Waals surface area contributed by atoms with Gasteiger partial charge in [0, 0.05) is 20.2 Å². The summed E-state index contributed by atoms with van der Waals surface area (Å²) in [5.41, 5.74) is 0.399. The molecule has 0 radical (unpaired) electrons. The number of urea groups is 1. The van der Waals surface area contributed by atoms with Gasteiger partial charge in [0.1, 0.15) is 0 Å². The third-order valence-electron chi connectivity index (χ3n) is 4.38. The minimum Gasteiger partial charge on any atom is -0.383 e. The molecule has 3 rings (SSSR count). The first kappa shape index (κ1) is 19.4. The molecule has 0 bridgehead atoms. The van der Waals surface area contributed by atoms with Crippen LogP contribution in [0.25, 0.3) is 10.9 Å². The number of nitrogens with one attached hydrogen (secondary N) is 1. The van der Waals surface area contributed by atoms with Crippen molar-refractivity contribution in [3.63, 3.8) is 0 Å². The van der Waals surface area contributed by atoms with Gasteiger partial charge in [-0.3, -0.25) is 19.1 Å². The van der Waals surface area contributed by atoms with Crippen LogP contribution in [0.4, 0.5) is 4.79 Å². The summed E-state index contributed by atoms with van der Waals surface area (Å²) in [5, 5.41) is 3.00. The molecule has 2 aromatic rings. The van der Waals surface area contributed by atoms with Crippen LogP contribution in [-0.4, -0.2) is 58.4 Å². The predicted octanol–water partition coefficient (Wildman–Crippen LogP) is 1.64. The summed E-state index contributed by atoms with van der Waals surface area (Å²) in [4.78, 5) is 43.2. The fourth-order valence-electron chi connectivity index (χ4n) is 3.02. The first-order chi connectivity index (χ1) is 12.9. The summed E-state index contributed by atoms with van der Waals surface area (Å²) in [5.74, 6) is -0.302. The van der Waals surface area contributed by atoms with E-state index in [1.54, 1.807) is 36.8 Å². The van der Waals surface area contributed by atoms with Gasteiger partial charge < -0.3 is 10.1 Å². The van der Waals surface area contributed by atoms with Gasteiger partial charge in [-0.2, -0.15) is 0 Å². The lowest BCUT2D eigenvalue weighted by Crippen LogP contribution is -2.39. The number of rotatable bonds is 6. The Labute approximate surface area is 160 Å². The molecule has 1 N–H and O–H groups in total. The van der Waals surface area contributed by atoms with E-state index in [1.165, 1.54) is 16.7 Å². The maximum absolute atomic E-state index is 13.0. The topological polar surface area (TPSA) is 93.5 Å². The molecular formula is C18H22N4O4S. The molecule has 2 atom stereocenters. The van der Waals surface area contributed by atoms with E-state index in [4.69, 9.17) is 4.74 Å². The second kappa shape index (κ2) is 8.10. The number of aromatic nitrogens is 2. The van der Waals surface area contributed by atoms with E-state index in [0.29, 0.717) is 35.8 Å². The van der Waals surface area contributed by atoms with E-state index in [0.717, 1.165) is 0 Å². The summed E-state index contributed by atoms with van der Waals surface area (Å²) >= 11 is 1.18. The molecule has 8 nitrogen and oxygen atoms in total. The van der Waals surface area contributed by atoms with Crippen molar-refractivity contribution in [1.29, 1.82) is 0 Å². The van der Waals surface area contributed by atoms with E-state index in [9.17, 15) is 14.4 Å². The van der Waals surface area contributed by atoms with Gasteiger partial charge in [-0.25, -0.2) is 9.78 Å². The highest BCUT2D eigenvalue weighted by molar-refractivity contribution is 8.00. The van der Waals surface area contributed by atoms with Gasteiger partial charge in [-0.15, -0.1) is 0 Å². The number of amides is 3. The molecule has 3 amide bonds. The molecule has 1 saturated heterocycles. The molecule has 0 aliphatic carbocycles. The van der Waals surface area contributed by atoms with Crippen molar-refractivity contribution in [2.75, 3.05) is 26.8 Å². The third kappa shape index (κ3) is 3.84. The average Bonchev–Trinajstić information content (AvgIpc) is 3.07. The summed E-state index contributed by atoms with van der Waals surface area (Å²) in [7, 11) is 1.57. The van der Waals surface area contributed by atoms with Crippen LogP contribution in [0.15, 0.2) is 34.2 Å². The van der Waals surface area contributed by atoms with Gasteiger partial charge in [-0.1, -0.05) is 23.9 Å². The Bertz CT molecular complexity index is 929. The first-order valence-corrected chi connectivity index (χ1v) is 9.58. The first-order valence-electron chi connectivity index (χ1n) is 8.70. The van der Waals surface area contributed by atoms with Crippen LogP contribution >= 0.6 is 11.8 Å². The lowest BCUT2D eigenvalue weighted by Gasteiger charge is -2.22. The molecule has 1 aromatic heterocycles. The van der Waals surface area contributed by atoms with Gasteiger partial charge in [0.2, 0.25) is 5.91 Å². The zero-order valence-electron chi connectivity index (χ0n) is 15.5. The minimum absolute atomic E-state index is 0.175. The molecule has 0 saturated carbocycles. The van der Waals surface area contributed by atoms with E-state index < -0.39 is 5.25 Å². The van der Waals surface area contributed by atoms with E-state index >= 15 is 0 Å². The van der Waals surface area contributed by atoms with Gasteiger partial charge in [0.05, 0.1) is 28.8 Å². The SMILES string of the molecule is COCC(C)n1c(SC(C)C(=O)N2CCNC2=O)nc2ccccc2c1=O. The Hall–Kier alpha value is -2.39. The van der Waals surface area contributed by atoms with Crippen molar-refractivity contribution < 1.29 is 14.3 Å². The Morgan fingerprint density at radius 2 is 2.07 bits per heavy atom. The fourth-order valence-corrected chi connectivity index (χ4v) is 4.09. The fraction of sp³-hybridized carbons (Fsp3) is 0.444. The number of nitrogens with zero attached hydrogens (tertiary/aromatic N) is 3. The average molecular weight is 390 g/mol. The molecule has 2 heterocycles. The lowest BCUT2D eigenvalue weighted by atomic mass is 10.2. The highest BCUT2D eigenvalue weighted by Gasteiger charge is 2.31. The zero-order chi connectivity index (χ0) is 19.6. The van der Waals surface area contributed by atoms with E-state index in [1.807, 2.05) is 13.0 Å². The number of carbonyl (C=O) groups excluding carboxylic acids is 2. The van der Waals surface area contributed by atoms with Crippen molar-refractivity contribution >= 4 is 34.6 Å². The maximum atomic E-state index is 13.0. The van der Waals surface area contributed by atoms with Gasteiger partial charge in [0.25, 0.3) is 5.56 Å². The molecule has 0 spiro atoms. The second-order valence-electron chi connectivity index (χ2n) is 6.37. The predicted molar refractivity (Wildman–Crippen MR) is 103 cm³/mol. The number of hydrogen-bond donors (Lipinski definition) is 1. The van der Waals surface area contributed by atoms with Crippen LogP contribution in [0, 0.1) is 0 Å². The van der Waals surface area contributed by atoms with Crippen LogP contribution in [0.3, 0.4) is 0 Å². The summed E-state index contributed by atoms with van der Waals surface area (Å²) in [6.45, 7) is 4.72.